The Labute approximate surface area is 242 Å². The van der Waals surface area contributed by atoms with E-state index < -0.39 is 0 Å². The molecular weight excluding hydrogens is 526 g/mol. The SMILES string of the molecule is NCCOCCOCCOCCOCCOCCNC(=O)CCC(=O)N1Cc2ccccc2C#Cc2ccccc21. The van der Waals surface area contributed by atoms with Crippen molar-refractivity contribution in [2.24, 2.45) is 5.73 Å². The highest BCUT2D eigenvalue weighted by Gasteiger charge is 2.21. The van der Waals surface area contributed by atoms with Crippen LogP contribution >= 0.6 is 0 Å². The molecule has 0 atom stereocenters. The van der Waals surface area contributed by atoms with Gasteiger partial charge in [0.05, 0.1) is 78.3 Å². The van der Waals surface area contributed by atoms with E-state index in [1.165, 1.54) is 0 Å². The van der Waals surface area contributed by atoms with Crippen LogP contribution in [0.3, 0.4) is 0 Å². The maximum absolute atomic E-state index is 13.2. The molecule has 1 heterocycles. The smallest absolute Gasteiger partial charge is 0.227 e. The molecule has 0 aliphatic carbocycles. The molecule has 1 aliphatic rings. The van der Waals surface area contributed by atoms with Gasteiger partial charge < -0.3 is 39.6 Å². The molecule has 0 saturated carbocycles. The third-order valence-electron chi connectivity index (χ3n) is 6.06. The number of carbonyl (C=O) groups excluding carboxylic acids is 2. The predicted octanol–water partition coefficient (Wildman–Crippen LogP) is 1.87. The Morgan fingerprint density at radius 3 is 1.90 bits per heavy atom. The fourth-order valence-corrected chi connectivity index (χ4v) is 3.98. The number of nitrogens with one attached hydrogen (secondary N) is 1. The minimum absolute atomic E-state index is 0.0983. The number of hydrogen-bond acceptors (Lipinski definition) is 8. The number of anilines is 1. The van der Waals surface area contributed by atoms with Gasteiger partial charge in [0, 0.05) is 37.1 Å². The predicted molar refractivity (Wildman–Crippen MR) is 155 cm³/mol. The summed E-state index contributed by atoms with van der Waals surface area (Å²) < 4.78 is 26.9. The van der Waals surface area contributed by atoms with Crippen molar-refractivity contribution in [2.45, 2.75) is 19.4 Å². The van der Waals surface area contributed by atoms with Crippen molar-refractivity contribution in [3.63, 3.8) is 0 Å². The van der Waals surface area contributed by atoms with Gasteiger partial charge in [0.2, 0.25) is 11.8 Å². The van der Waals surface area contributed by atoms with E-state index in [-0.39, 0.29) is 24.7 Å². The first-order valence-corrected chi connectivity index (χ1v) is 14.0. The third-order valence-corrected chi connectivity index (χ3v) is 6.06. The van der Waals surface area contributed by atoms with Crippen molar-refractivity contribution in [2.75, 3.05) is 84.1 Å². The molecule has 1 aliphatic heterocycles. The monoisotopic (exact) mass is 567 g/mol. The average molecular weight is 568 g/mol. The molecule has 41 heavy (non-hydrogen) atoms. The standard InChI is InChI=1S/C31H41N3O7/c32-13-15-37-17-19-39-21-23-41-24-22-40-20-18-38-16-14-33-30(35)11-12-31(36)34-25-28-7-2-1-5-26(28)9-10-27-6-3-4-8-29(27)34/h1-8H,11-25,32H2,(H,33,35). The number of nitrogens with zero attached hydrogens (tertiary/aromatic N) is 1. The number of amides is 2. The van der Waals surface area contributed by atoms with Crippen LogP contribution < -0.4 is 16.0 Å². The molecule has 2 aromatic carbocycles. The van der Waals surface area contributed by atoms with Gasteiger partial charge in [-0.2, -0.15) is 0 Å². The van der Waals surface area contributed by atoms with E-state index in [2.05, 4.69) is 17.2 Å². The minimum atomic E-state index is -0.192. The summed E-state index contributed by atoms with van der Waals surface area (Å²) in [6.45, 7) is 6.04. The molecule has 2 aromatic rings. The minimum Gasteiger partial charge on any atom is -0.378 e. The van der Waals surface area contributed by atoms with Crippen molar-refractivity contribution < 1.29 is 33.3 Å². The van der Waals surface area contributed by atoms with Crippen LogP contribution in [0.4, 0.5) is 5.69 Å². The van der Waals surface area contributed by atoms with Crippen molar-refractivity contribution in [1.82, 2.24) is 5.32 Å². The van der Waals surface area contributed by atoms with Crippen molar-refractivity contribution in [3.05, 3.63) is 65.2 Å². The van der Waals surface area contributed by atoms with E-state index in [0.29, 0.717) is 85.7 Å². The first kappa shape index (κ1) is 32.2. The molecule has 0 saturated heterocycles. The summed E-state index contributed by atoms with van der Waals surface area (Å²) in [6, 6.07) is 15.4. The zero-order chi connectivity index (χ0) is 29.0. The maximum atomic E-state index is 13.2. The summed E-state index contributed by atoms with van der Waals surface area (Å²) in [4.78, 5) is 27.3. The van der Waals surface area contributed by atoms with E-state index in [0.717, 1.165) is 22.4 Å². The highest BCUT2D eigenvalue weighted by molar-refractivity contribution is 5.96. The van der Waals surface area contributed by atoms with Crippen LogP contribution in [-0.2, 0) is 39.8 Å². The number of para-hydroxylation sites is 1. The van der Waals surface area contributed by atoms with Crippen molar-refractivity contribution in [1.29, 1.82) is 0 Å². The Kier molecular flexibility index (Phi) is 15.5. The average Bonchev–Trinajstić information content (AvgIpc) is 2.98. The van der Waals surface area contributed by atoms with Gasteiger partial charge in [-0.1, -0.05) is 42.2 Å². The van der Waals surface area contributed by atoms with Crippen LogP contribution in [0.5, 0.6) is 0 Å². The molecular formula is C31H41N3O7. The summed E-state index contributed by atoms with van der Waals surface area (Å²) in [6.07, 6.45) is 0.197. The Morgan fingerprint density at radius 2 is 1.24 bits per heavy atom. The van der Waals surface area contributed by atoms with Gasteiger partial charge in [-0.05, 0) is 23.8 Å². The number of hydrogen-bond donors (Lipinski definition) is 2. The molecule has 10 heteroatoms. The van der Waals surface area contributed by atoms with Gasteiger partial charge in [0.25, 0.3) is 0 Å². The summed E-state index contributed by atoms with van der Waals surface area (Å²) in [5.74, 6) is 6.08. The normalized spacial score (nSPS) is 12.0. The summed E-state index contributed by atoms with van der Waals surface area (Å²) in [5, 5.41) is 2.80. The fraction of sp³-hybridized carbons (Fsp3) is 0.484. The van der Waals surface area contributed by atoms with Crippen LogP contribution in [0, 0.1) is 11.8 Å². The second-order valence-corrected chi connectivity index (χ2v) is 9.10. The second kappa shape index (κ2) is 19.7. The van der Waals surface area contributed by atoms with Crippen LogP contribution in [-0.4, -0.2) is 91.0 Å². The number of nitrogens with two attached hydrogens (primary N) is 1. The first-order chi connectivity index (χ1) is 20.2. The lowest BCUT2D eigenvalue weighted by Crippen LogP contribution is -2.34. The molecule has 2 amide bonds. The zero-order valence-electron chi connectivity index (χ0n) is 23.6. The Hall–Kier alpha value is -3.30. The van der Waals surface area contributed by atoms with E-state index >= 15 is 0 Å². The lowest BCUT2D eigenvalue weighted by molar-refractivity contribution is -0.125. The molecule has 3 N–H and O–H groups in total. The van der Waals surface area contributed by atoms with Gasteiger partial charge in [0.15, 0.2) is 0 Å². The number of ether oxygens (including phenoxy) is 5. The number of carbonyl (C=O) groups is 2. The highest BCUT2D eigenvalue weighted by Crippen LogP contribution is 2.26. The molecule has 222 valence electrons. The van der Waals surface area contributed by atoms with E-state index in [1.807, 2.05) is 48.5 Å². The molecule has 0 unspecified atom stereocenters. The molecule has 3 rings (SSSR count). The summed E-state index contributed by atoms with van der Waals surface area (Å²) in [5.41, 5.74) is 8.76. The van der Waals surface area contributed by atoms with Crippen molar-refractivity contribution in [3.8, 4) is 11.8 Å². The molecule has 0 radical (unpaired) electrons. The van der Waals surface area contributed by atoms with E-state index in [4.69, 9.17) is 29.4 Å². The van der Waals surface area contributed by atoms with Gasteiger partial charge in [0.1, 0.15) is 0 Å². The molecule has 10 nitrogen and oxygen atoms in total. The van der Waals surface area contributed by atoms with Crippen LogP contribution in [0.1, 0.15) is 29.5 Å². The lowest BCUT2D eigenvalue weighted by Gasteiger charge is -2.26. The van der Waals surface area contributed by atoms with Crippen molar-refractivity contribution >= 4 is 17.5 Å². The second-order valence-electron chi connectivity index (χ2n) is 9.10. The quantitative estimate of drug-likeness (QED) is 0.184. The van der Waals surface area contributed by atoms with Crippen LogP contribution in [0.2, 0.25) is 0 Å². The fourth-order valence-electron chi connectivity index (χ4n) is 3.98. The third kappa shape index (κ3) is 12.4. The highest BCUT2D eigenvalue weighted by atomic mass is 16.6. The van der Waals surface area contributed by atoms with E-state index in [9.17, 15) is 9.59 Å². The molecule has 0 aromatic heterocycles. The van der Waals surface area contributed by atoms with Gasteiger partial charge in [-0.15, -0.1) is 0 Å². The largest absolute Gasteiger partial charge is 0.378 e. The van der Waals surface area contributed by atoms with Crippen LogP contribution in [0.25, 0.3) is 0 Å². The van der Waals surface area contributed by atoms with Gasteiger partial charge in [-0.25, -0.2) is 0 Å². The first-order valence-electron chi connectivity index (χ1n) is 14.0. The molecule has 0 spiro atoms. The van der Waals surface area contributed by atoms with Crippen LogP contribution in [0.15, 0.2) is 48.5 Å². The maximum Gasteiger partial charge on any atom is 0.227 e. The topological polar surface area (TPSA) is 122 Å². The Bertz CT molecular complexity index is 1130. The molecule has 0 bridgehead atoms. The number of fused-ring (bicyclic) bond motifs is 2. The van der Waals surface area contributed by atoms with Gasteiger partial charge >= 0.3 is 0 Å². The van der Waals surface area contributed by atoms with E-state index in [1.54, 1.807) is 4.90 Å². The Morgan fingerprint density at radius 1 is 0.707 bits per heavy atom. The summed E-state index contributed by atoms with van der Waals surface area (Å²) >= 11 is 0. The lowest BCUT2D eigenvalue weighted by atomic mass is 10.0. The molecule has 0 fully saturated rings. The summed E-state index contributed by atoms with van der Waals surface area (Å²) in [7, 11) is 0. The van der Waals surface area contributed by atoms with Gasteiger partial charge in [-0.3, -0.25) is 9.59 Å². The Balaban J connectivity index is 1.22. The zero-order valence-corrected chi connectivity index (χ0v) is 23.6. The number of benzene rings is 2. The number of rotatable bonds is 20.